The number of carbonyl (C=O) groups excluding carboxylic acids is 1. The molecule has 6 nitrogen and oxygen atoms in total. The minimum absolute atomic E-state index is 0. The van der Waals surface area contributed by atoms with Crippen LogP contribution in [0.1, 0.15) is 27.6 Å². The van der Waals surface area contributed by atoms with E-state index < -0.39 is 5.97 Å². The Kier molecular flexibility index (Phi) is 7.02. The number of hydrogen-bond donors (Lipinski definition) is 1. The molecule has 0 saturated carbocycles. The molecule has 3 aromatic rings. The van der Waals surface area contributed by atoms with Gasteiger partial charge in [-0.05, 0) is 35.7 Å². The number of methoxy groups -OCH3 is 2. The predicted octanol–water partition coefficient (Wildman–Crippen LogP) is 3.82. The molecule has 2 atom stereocenters. The summed E-state index contributed by atoms with van der Waals surface area (Å²) in [6.07, 6.45) is 0. The lowest BCUT2D eigenvalue weighted by atomic mass is 9.89. The summed E-state index contributed by atoms with van der Waals surface area (Å²) >= 11 is 0. The second-order valence-electron chi connectivity index (χ2n) is 7.48. The van der Waals surface area contributed by atoms with Crippen LogP contribution in [0.25, 0.3) is 11.0 Å². The highest BCUT2D eigenvalue weighted by Crippen LogP contribution is 2.36. The number of carbonyl (C=O) groups is 1. The van der Waals surface area contributed by atoms with Gasteiger partial charge in [-0.25, -0.2) is 4.79 Å². The maximum absolute atomic E-state index is 11.9. The molecule has 1 aliphatic rings. The van der Waals surface area contributed by atoms with E-state index in [0.717, 1.165) is 30.6 Å². The molecule has 7 heteroatoms. The number of nitrogens with zero attached hydrogens (tertiary/aromatic N) is 1. The maximum Gasteiger partial charge on any atom is 0.373 e. The third-order valence-electron chi connectivity index (χ3n) is 5.79. The van der Waals surface area contributed by atoms with Crippen LogP contribution < -0.4 is 10.5 Å². The van der Waals surface area contributed by atoms with Crippen molar-refractivity contribution in [3.63, 3.8) is 0 Å². The molecule has 1 aromatic heterocycles. The molecule has 0 spiro atoms. The van der Waals surface area contributed by atoms with E-state index in [1.165, 1.54) is 12.7 Å². The first-order valence-corrected chi connectivity index (χ1v) is 9.79. The summed E-state index contributed by atoms with van der Waals surface area (Å²) in [6, 6.07) is 16.2. The number of fused-ring (bicyclic) bond motifs is 1. The number of hydrogen-bond acceptors (Lipinski definition) is 6. The first-order chi connectivity index (χ1) is 14.1. The summed E-state index contributed by atoms with van der Waals surface area (Å²) in [4.78, 5) is 14.4. The van der Waals surface area contributed by atoms with Crippen molar-refractivity contribution in [1.29, 1.82) is 0 Å². The zero-order chi connectivity index (χ0) is 20.4. The van der Waals surface area contributed by atoms with Crippen molar-refractivity contribution in [3.8, 4) is 5.75 Å². The lowest BCUT2D eigenvalue weighted by molar-refractivity contribution is 0.0567. The van der Waals surface area contributed by atoms with Crippen molar-refractivity contribution in [2.75, 3.05) is 33.9 Å². The van der Waals surface area contributed by atoms with Gasteiger partial charge in [0.2, 0.25) is 5.76 Å². The number of esters is 1. The molecule has 2 heterocycles. The van der Waals surface area contributed by atoms with Crippen LogP contribution in [-0.2, 0) is 11.3 Å². The number of ether oxygens (including phenoxy) is 2. The van der Waals surface area contributed by atoms with Crippen molar-refractivity contribution in [1.82, 2.24) is 4.90 Å². The molecule has 160 valence electrons. The number of benzene rings is 2. The fourth-order valence-corrected chi connectivity index (χ4v) is 4.30. The second-order valence-corrected chi connectivity index (χ2v) is 7.48. The Morgan fingerprint density at radius 2 is 1.93 bits per heavy atom. The summed E-state index contributed by atoms with van der Waals surface area (Å²) in [5, 5.41) is 0.872. The molecule has 2 aromatic carbocycles. The van der Waals surface area contributed by atoms with Gasteiger partial charge in [-0.15, -0.1) is 12.4 Å². The smallest absolute Gasteiger partial charge is 0.373 e. The van der Waals surface area contributed by atoms with E-state index in [-0.39, 0.29) is 18.2 Å². The summed E-state index contributed by atoms with van der Waals surface area (Å²) in [7, 11) is 2.93. The van der Waals surface area contributed by atoms with Gasteiger partial charge < -0.3 is 19.6 Å². The Morgan fingerprint density at radius 3 is 2.60 bits per heavy atom. The van der Waals surface area contributed by atoms with Gasteiger partial charge in [0.05, 0.1) is 14.2 Å². The van der Waals surface area contributed by atoms with Crippen LogP contribution in [-0.4, -0.2) is 44.7 Å². The average Bonchev–Trinajstić information content (AvgIpc) is 3.39. The summed E-state index contributed by atoms with van der Waals surface area (Å²) in [5.41, 5.74) is 9.08. The Hall–Kier alpha value is -2.54. The predicted molar refractivity (Wildman–Crippen MR) is 118 cm³/mol. The number of halogens is 1. The molecule has 0 amide bonds. The van der Waals surface area contributed by atoms with Crippen molar-refractivity contribution in [2.45, 2.75) is 12.5 Å². The SMILES string of the molecule is COC(=O)c1cc2c(CN3C[C@@H](CN)[C@H](c4ccccc4)C3)ccc(OC)c2o1.Cl. The molecule has 0 bridgehead atoms. The van der Waals surface area contributed by atoms with Crippen molar-refractivity contribution < 1.29 is 18.7 Å². The Labute approximate surface area is 182 Å². The van der Waals surface area contributed by atoms with Gasteiger partial charge in [0.15, 0.2) is 11.3 Å². The highest BCUT2D eigenvalue weighted by atomic mass is 35.5. The van der Waals surface area contributed by atoms with Gasteiger partial charge in [-0.2, -0.15) is 0 Å². The van der Waals surface area contributed by atoms with Gasteiger partial charge in [-0.3, -0.25) is 4.90 Å². The first-order valence-electron chi connectivity index (χ1n) is 9.79. The van der Waals surface area contributed by atoms with Crippen LogP contribution in [0.4, 0.5) is 0 Å². The molecule has 0 aliphatic carbocycles. The summed E-state index contributed by atoms with van der Waals surface area (Å²) < 4.78 is 16.0. The Bertz CT molecular complexity index is 1010. The number of furan rings is 1. The van der Waals surface area contributed by atoms with Crippen molar-refractivity contribution >= 4 is 29.3 Å². The topological polar surface area (TPSA) is 77.9 Å². The lowest BCUT2D eigenvalue weighted by Gasteiger charge is -2.17. The fourth-order valence-electron chi connectivity index (χ4n) is 4.30. The molecule has 1 fully saturated rings. The van der Waals surface area contributed by atoms with E-state index in [2.05, 4.69) is 29.2 Å². The monoisotopic (exact) mass is 430 g/mol. The molecule has 4 rings (SSSR count). The van der Waals surface area contributed by atoms with Crippen LogP contribution in [0.3, 0.4) is 0 Å². The fraction of sp³-hybridized carbons (Fsp3) is 0.348. The van der Waals surface area contributed by atoms with Crippen LogP contribution >= 0.6 is 12.4 Å². The Morgan fingerprint density at radius 1 is 1.17 bits per heavy atom. The molecule has 0 unspecified atom stereocenters. The van der Waals surface area contributed by atoms with Gasteiger partial charge >= 0.3 is 5.97 Å². The van der Waals surface area contributed by atoms with Crippen LogP contribution in [0.15, 0.2) is 52.9 Å². The maximum atomic E-state index is 11.9. The normalized spacial score (nSPS) is 18.9. The number of rotatable bonds is 6. The Balaban J connectivity index is 0.00000256. The number of likely N-dealkylation sites (tertiary alicyclic amines) is 1. The van der Waals surface area contributed by atoms with Gasteiger partial charge in [0, 0.05) is 30.9 Å². The van der Waals surface area contributed by atoms with E-state index in [0.29, 0.717) is 29.7 Å². The van der Waals surface area contributed by atoms with Crippen LogP contribution in [0, 0.1) is 5.92 Å². The molecular formula is C23H27ClN2O4. The van der Waals surface area contributed by atoms with Gasteiger partial charge in [0.25, 0.3) is 0 Å². The summed E-state index contributed by atoms with van der Waals surface area (Å²) in [5.74, 6) is 1.12. The van der Waals surface area contributed by atoms with Crippen molar-refractivity contribution in [2.24, 2.45) is 11.7 Å². The highest BCUT2D eigenvalue weighted by Gasteiger charge is 2.33. The minimum atomic E-state index is -0.497. The van der Waals surface area contributed by atoms with Crippen molar-refractivity contribution in [3.05, 3.63) is 65.4 Å². The zero-order valence-electron chi connectivity index (χ0n) is 17.2. The second kappa shape index (κ2) is 9.51. The van der Waals surface area contributed by atoms with E-state index in [4.69, 9.17) is 19.6 Å². The average molecular weight is 431 g/mol. The molecular weight excluding hydrogens is 404 g/mol. The molecule has 2 N–H and O–H groups in total. The standard InChI is InChI=1S/C23H26N2O4.ClH/c1-27-20-9-8-16(18-10-21(23(26)28-2)29-22(18)20)12-25-13-17(11-24)19(14-25)15-6-4-3-5-7-15;/h3-10,17,19H,11-14,24H2,1-2H3;1H/t17-,19+;/m1./s1. The lowest BCUT2D eigenvalue weighted by Crippen LogP contribution is -2.23. The van der Waals surface area contributed by atoms with Crippen LogP contribution in [0.5, 0.6) is 5.75 Å². The third-order valence-corrected chi connectivity index (χ3v) is 5.79. The molecule has 0 radical (unpaired) electrons. The first kappa shape index (κ1) is 22.2. The molecule has 30 heavy (non-hydrogen) atoms. The van der Waals surface area contributed by atoms with E-state index >= 15 is 0 Å². The highest BCUT2D eigenvalue weighted by molar-refractivity contribution is 5.95. The zero-order valence-corrected chi connectivity index (χ0v) is 18.0. The van der Waals surface area contributed by atoms with Gasteiger partial charge in [-0.1, -0.05) is 36.4 Å². The minimum Gasteiger partial charge on any atom is -0.493 e. The molecule has 1 saturated heterocycles. The van der Waals surface area contributed by atoms with E-state index in [1.807, 2.05) is 18.2 Å². The quantitative estimate of drug-likeness (QED) is 0.599. The van der Waals surface area contributed by atoms with E-state index in [1.54, 1.807) is 13.2 Å². The summed E-state index contributed by atoms with van der Waals surface area (Å²) in [6.45, 7) is 3.29. The van der Waals surface area contributed by atoms with Crippen LogP contribution in [0.2, 0.25) is 0 Å². The largest absolute Gasteiger partial charge is 0.493 e. The molecule has 1 aliphatic heterocycles. The van der Waals surface area contributed by atoms with Gasteiger partial charge in [0.1, 0.15) is 0 Å². The third kappa shape index (κ3) is 4.17. The number of nitrogens with two attached hydrogens (primary N) is 1. The van der Waals surface area contributed by atoms with E-state index in [9.17, 15) is 4.79 Å².